The normalized spacial score (nSPS) is 20.3. The molecule has 0 amide bonds. The van der Waals surface area contributed by atoms with Gasteiger partial charge in [0.05, 0.1) is 10.9 Å². The van der Waals surface area contributed by atoms with Gasteiger partial charge in [0.25, 0.3) is 0 Å². The summed E-state index contributed by atoms with van der Waals surface area (Å²) in [5.74, 6) is -3.24. The Morgan fingerprint density at radius 1 is 1.30 bits per heavy atom. The van der Waals surface area contributed by atoms with E-state index in [9.17, 15) is 14.7 Å². The van der Waals surface area contributed by atoms with E-state index in [0.29, 0.717) is 25.9 Å². The van der Waals surface area contributed by atoms with Gasteiger partial charge in [0, 0.05) is 25.2 Å². The van der Waals surface area contributed by atoms with Crippen molar-refractivity contribution in [3.63, 3.8) is 0 Å². The van der Waals surface area contributed by atoms with Crippen LogP contribution in [0.4, 0.5) is 20.3 Å². The summed E-state index contributed by atoms with van der Waals surface area (Å²) < 4.78 is 32.2. The van der Waals surface area contributed by atoms with E-state index in [1.54, 1.807) is 4.90 Å². The van der Waals surface area contributed by atoms with Gasteiger partial charge in [-0.05, 0) is 52.3 Å². The third-order valence-electron chi connectivity index (χ3n) is 6.56. The number of fused-ring (bicyclic) bond motifs is 1. The van der Waals surface area contributed by atoms with E-state index >= 15 is 8.78 Å². The fourth-order valence-corrected chi connectivity index (χ4v) is 4.51. The van der Waals surface area contributed by atoms with Gasteiger partial charge in [-0.1, -0.05) is 0 Å². The van der Waals surface area contributed by atoms with Crippen LogP contribution in [0.1, 0.15) is 42.6 Å². The lowest BCUT2D eigenvalue weighted by molar-refractivity contribution is 0.0696. The number of hydrogen-bond donors (Lipinski definition) is 2. The van der Waals surface area contributed by atoms with Gasteiger partial charge in [-0.25, -0.2) is 13.6 Å². The lowest BCUT2D eigenvalue weighted by Crippen LogP contribution is -2.34. The van der Waals surface area contributed by atoms with Gasteiger partial charge < -0.3 is 25.2 Å². The molecule has 2 fully saturated rings. The average Bonchev–Trinajstić information content (AvgIpc) is 3.38. The Morgan fingerprint density at radius 3 is 2.53 bits per heavy atom. The highest BCUT2D eigenvalue weighted by Gasteiger charge is 2.36. The first kappa shape index (κ1) is 20.6. The Balaban J connectivity index is 1.90. The Labute approximate surface area is 172 Å². The summed E-state index contributed by atoms with van der Waals surface area (Å²) in [4.78, 5) is 28.1. The van der Waals surface area contributed by atoms with Crippen molar-refractivity contribution in [2.45, 2.75) is 38.3 Å². The molecule has 30 heavy (non-hydrogen) atoms. The number of halogens is 2. The molecule has 162 valence electrons. The molecule has 2 unspecified atom stereocenters. The first-order valence-corrected chi connectivity index (χ1v) is 10.1. The average molecular weight is 420 g/mol. The molecule has 7 nitrogen and oxygen atoms in total. The van der Waals surface area contributed by atoms with Crippen molar-refractivity contribution in [2.75, 3.05) is 37.8 Å². The number of anilines is 2. The first-order valence-electron chi connectivity index (χ1n) is 10.1. The number of nitrogen functional groups attached to an aromatic ring is 1. The van der Waals surface area contributed by atoms with Crippen molar-refractivity contribution in [3.05, 3.63) is 33.5 Å². The summed E-state index contributed by atoms with van der Waals surface area (Å²) in [5, 5.41) is 9.14. The number of aromatic carboxylic acids is 1. The van der Waals surface area contributed by atoms with Gasteiger partial charge in [0.2, 0.25) is 5.43 Å². The predicted molar refractivity (Wildman–Crippen MR) is 111 cm³/mol. The number of rotatable bonds is 5. The van der Waals surface area contributed by atoms with Crippen LogP contribution in [0.25, 0.3) is 10.9 Å². The minimum absolute atomic E-state index is 0.106. The second kappa shape index (κ2) is 7.23. The van der Waals surface area contributed by atoms with Crippen molar-refractivity contribution in [1.29, 1.82) is 0 Å². The fourth-order valence-electron chi connectivity index (χ4n) is 4.51. The van der Waals surface area contributed by atoms with Crippen molar-refractivity contribution in [1.82, 2.24) is 9.47 Å². The monoisotopic (exact) mass is 420 g/mol. The van der Waals surface area contributed by atoms with Crippen molar-refractivity contribution in [3.8, 4) is 0 Å². The van der Waals surface area contributed by atoms with E-state index in [4.69, 9.17) is 5.73 Å². The summed E-state index contributed by atoms with van der Waals surface area (Å²) in [7, 11) is 3.95. The minimum atomic E-state index is -1.50. The number of pyridine rings is 1. The molecule has 0 bridgehead atoms. The number of carboxylic acids is 1. The molecule has 2 aliphatic rings. The maximum atomic E-state index is 15.8. The van der Waals surface area contributed by atoms with E-state index in [0.717, 1.165) is 12.5 Å². The Hall–Kier alpha value is -2.68. The summed E-state index contributed by atoms with van der Waals surface area (Å²) >= 11 is 0. The van der Waals surface area contributed by atoms with Crippen LogP contribution in [0.3, 0.4) is 0 Å². The van der Waals surface area contributed by atoms with Crippen LogP contribution >= 0.6 is 0 Å². The van der Waals surface area contributed by atoms with Crippen molar-refractivity contribution in [2.24, 2.45) is 5.92 Å². The molecule has 1 aliphatic carbocycles. The molecule has 1 saturated heterocycles. The summed E-state index contributed by atoms with van der Waals surface area (Å²) in [5.41, 5.74) is 4.12. The molecule has 9 heteroatoms. The number of nitrogens with zero attached hydrogens (tertiary/aromatic N) is 3. The smallest absolute Gasteiger partial charge is 0.343 e. The van der Waals surface area contributed by atoms with E-state index in [2.05, 4.69) is 11.8 Å². The summed E-state index contributed by atoms with van der Waals surface area (Å²) in [6.07, 6.45) is 2.19. The van der Waals surface area contributed by atoms with Gasteiger partial charge in [-0.2, -0.15) is 0 Å². The molecule has 1 aromatic carbocycles. The first-order chi connectivity index (χ1) is 14.1. The van der Waals surface area contributed by atoms with Crippen LogP contribution < -0.4 is 16.1 Å². The van der Waals surface area contributed by atoms with Gasteiger partial charge in [0.1, 0.15) is 22.9 Å². The summed E-state index contributed by atoms with van der Waals surface area (Å²) in [6.45, 7) is 3.08. The molecule has 1 aromatic heterocycles. The zero-order valence-electron chi connectivity index (χ0n) is 17.3. The number of carbonyl (C=O) groups is 1. The fraction of sp³-hybridized carbons (Fsp3) is 0.524. The highest BCUT2D eigenvalue weighted by atomic mass is 19.1. The molecule has 1 aliphatic heterocycles. The van der Waals surface area contributed by atoms with Crippen LogP contribution in [-0.2, 0) is 0 Å². The van der Waals surface area contributed by atoms with Crippen LogP contribution in [0.2, 0.25) is 0 Å². The van der Waals surface area contributed by atoms with Crippen LogP contribution in [0, 0.1) is 17.6 Å². The van der Waals surface area contributed by atoms with Crippen molar-refractivity contribution < 1.29 is 18.7 Å². The van der Waals surface area contributed by atoms with E-state index in [1.807, 2.05) is 14.1 Å². The molecule has 3 N–H and O–H groups in total. The standard InChI is InChI=1S/C21H26F2N4O3/c1-10(25(2)3)11-6-7-26(9-11)18-14(22)8-13-17(16(18)23)27(12-4-5-12)20(24)15(19(13)28)21(29)30/h8,10-12H,4-7,9,24H2,1-3H3,(H,29,30). The zero-order chi connectivity index (χ0) is 21.9. The number of benzene rings is 1. The molecule has 0 radical (unpaired) electrons. The Morgan fingerprint density at radius 2 is 1.97 bits per heavy atom. The zero-order valence-corrected chi connectivity index (χ0v) is 17.3. The topological polar surface area (TPSA) is 91.8 Å². The minimum Gasteiger partial charge on any atom is -0.477 e. The number of nitrogens with two attached hydrogens (primary N) is 1. The van der Waals surface area contributed by atoms with Gasteiger partial charge in [-0.15, -0.1) is 0 Å². The SMILES string of the molecule is CC(C1CCN(c2c(F)cc3c(=O)c(C(=O)O)c(N)n(C4CC4)c3c2F)C1)N(C)C. The second-order valence-electron chi connectivity index (χ2n) is 8.61. The van der Waals surface area contributed by atoms with Crippen molar-refractivity contribution >= 4 is 28.4 Å². The predicted octanol–water partition coefficient (Wildman–Crippen LogP) is 2.67. The van der Waals surface area contributed by atoms with E-state index in [1.165, 1.54) is 4.57 Å². The Bertz CT molecular complexity index is 1090. The molecule has 2 atom stereocenters. The van der Waals surface area contributed by atoms with E-state index in [-0.39, 0.29) is 40.4 Å². The number of hydrogen-bond acceptors (Lipinski definition) is 5. The van der Waals surface area contributed by atoms with Gasteiger partial charge in [0.15, 0.2) is 5.82 Å². The van der Waals surface area contributed by atoms with Crippen LogP contribution in [-0.4, -0.2) is 53.8 Å². The molecule has 4 rings (SSSR count). The third kappa shape index (κ3) is 3.12. The third-order valence-corrected chi connectivity index (χ3v) is 6.56. The molecular weight excluding hydrogens is 394 g/mol. The highest BCUT2D eigenvalue weighted by molar-refractivity contribution is 5.99. The lowest BCUT2D eigenvalue weighted by Gasteiger charge is -2.27. The quantitative estimate of drug-likeness (QED) is 0.773. The number of carboxylic acid groups (broad SMARTS) is 1. The molecule has 2 aromatic rings. The van der Waals surface area contributed by atoms with Crippen LogP contribution in [0.5, 0.6) is 0 Å². The van der Waals surface area contributed by atoms with Crippen LogP contribution in [0.15, 0.2) is 10.9 Å². The number of aromatic nitrogens is 1. The highest BCUT2D eigenvalue weighted by Crippen LogP contribution is 2.42. The van der Waals surface area contributed by atoms with Gasteiger partial charge in [-0.3, -0.25) is 4.79 Å². The maximum absolute atomic E-state index is 15.8. The van der Waals surface area contributed by atoms with E-state index < -0.39 is 28.6 Å². The molecule has 0 spiro atoms. The molecule has 2 heterocycles. The summed E-state index contributed by atoms with van der Waals surface area (Å²) in [6, 6.07) is 1.02. The second-order valence-corrected chi connectivity index (χ2v) is 8.61. The van der Waals surface area contributed by atoms with Gasteiger partial charge >= 0.3 is 5.97 Å². The Kier molecular flexibility index (Phi) is 4.96. The molecular formula is C21H26F2N4O3. The largest absolute Gasteiger partial charge is 0.477 e. The lowest BCUT2D eigenvalue weighted by atomic mass is 10.00. The molecule has 1 saturated carbocycles. The maximum Gasteiger partial charge on any atom is 0.343 e.